The van der Waals surface area contributed by atoms with Gasteiger partial charge in [0, 0.05) is 6.04 Å². The molecule has 0 aromatic carbocycles. The molecule has 2 atom stereocenters. The number of aliphatic hydroxyl groups is 1. The summed E-state index contributed by atoms with van der Waals surface area (Å²) >= 11 is 0. The Labute approximate surface area is 80.5 Å². The average molecular weight is 187 g/mol. The van der Waals surface area contributed by atoms with Gasteiger partial charge in [0.25, 0.3) is 0 Å². The van der Waals surface area contributed by atoms with Crippen LogP contribution in [0.15, 0.2) is 0 Å². The summed E-state index contributed by atoms with van der Waals surface area (Å²) in [4.78, 5) is 11.5. The maximum atomic E-state index is 11.5. The third kappa shape index (κ3) is 4.27. The van der Waals surface area contributed by atoms with E-state index in [0.29, 0.717) is 0 Å². The largest absolute Gasteiger partial charge is 0.396 e. The molecular weight excluding hydrogens is 166 g/mol. The molecule has 78 valence electrons. The molecule has 0 rings (SSSR count). The zero-order valence-corrected chi connectivity index (χ0v) is 9.00. The van der Waals surface area contributed by atoms with Crippen LogP contribution >= 0.6 is 0 Å². The number of hydrogen-bond acceptors (Lipinski definition) is 2. The molecule has 2 N–H and O–H groups in total. The summed E-state index contributed by atoms with van der Waals surface area (Å²) < 4.78 is 0. The first-order chi connectivity index (χ1) is 6.02. The number of amides is 1. The summed E-state index contributed by atoms with van der Waals surface area (Å²) in [6.45, 7) is 7.80. The van der Waals surface area contributed by atoms with Crippen molar-refractivity contribution >= 4 is 5.91 Å². The quantitative estimate of drug-likeness (QED) is 0.678. The Morgan fingerprint density at radius 3 is 2.23 bits per heavy atom. The van der Waals surface area contributed by atoms with Crippen LogP contribution in [-0.4, -0.2) is 23.7 Å². The number of hydrogen-bond donors (Lipinski definition) is 2. The highest BCUT2D eigenvalue weighted by Gasteiger charge is 2.21. The minimum absolute atomic E-state index is 0.0353. The van der Waals surface area contributed by atoms with Crippen molar-refractivity contribution in [1.82, 2.24) is 5.32 Å². The Bertz CT molecular complexity index is 157. The summed E-state index contributed by atoms with van der Waals surface area (Å²) in [5.41, 5.74) is 0. The zero-order valence-electron chi connectivity index (χ0n) is 9.00. The van der Waals surface area contributed by atoms with Crippen LogP contribution in [0.3, 0.4) is 0 Å². The van der Waals surface area contributed by atoms with E-state index >= 15 is 0 Å². The van der Waals surface area contributed by atoms with Gasteiger partial charge >= 0.3 is 0 Å². The molecule has 3 nitrogen and oxygen atoms in total. The Hall–Kier alpha value is -0.570. The van der Waals surface area contributed by atoms with E-state index in [1.54, 1.807) is 0 Å². The Kier molecular flexibility index (Phi) is 5.71. The summed E-state index contributed by atoms with van der Waals surface area (Å²) in [6, 6.07) is 0.195. The molecule has 0 radical (unpaired) electrons. The SMILES string of the molecule is CCC(C)NC(=O)C(CO)C(C)C. The molecule has 0 aromatic rings. The van der Waals surface area contributed by atoms with Gasteiger partial charge in [-0.3, -0.25) is 4.79 Å². The van der Waals surface area contributed by atoms with Gasteiger partial charge < -0.3 is 10.4 Å². The van der Waals surface area contributed by atoms with Gasteiger partial charge in [-0.1, -0.05) is 20.8 Å². The maximum Gasteiger partial charge on any atom is 0.225 e. The van der Waals surface area contributed by atoms with Crippen molar-refractivity contribution in [3.05, 3.63) is 0 Å². The highest BCUT2D eigenvalue weighted by atomic mass is 16.3. The lowest BCUT2D eigenvalue weighted by molar-refractivity contribution is -0.128. The standard InChI is InChI=1S/C10H21NO2/c1-5-8(4)11-10(13)9(6-12)7(2)3/h7-9,12H,5-6H2,1-4H3,(H,11,13). The van der Waals surface area contributed by atoms with Crippen molar-refractivity contribution in [2.75, 3.05) is 6.61 Å². The number of aliphatic hydroxyl groups excluding tert-OH is 1. The fourth-order valence-electron chi connectivity index (χ4n) is 1.05. The van der Waals surface area contributed by atoms with Crippen LogP contribution in [0, 0.1) is 11.8 Å². The Balaban J connectivity index is 4.06. The monoisotopic (exact) mass is 187 g/mol. The highest BCUT2D eigenvalue weighted by molar-refractivity contribution is 5.79. The normalized spacial score (nSPS) is 15.5. The van der Waals surface area contributed by atoms with Crippen molar-refractivity contribution in [1.29, 1.82) is 0 Å². The predicted molar refractivity (Wildman–Crippen MR) is 53.3 cm³/mol. The first-order valence-electron chi connectivity index (χ1n) is 4.94. The van der Waals surface area contributed by atoms with Crippen LogP contribution in [-0.2, 0) is 4.79 Å². The van der Waals surface area contributed by atoms with Crippen molar-refractivity contribution < 1.29 is 9.90 Å². The molecule has 0 aromatic heterocycles. The summed E-state index contributed by atoms with van der Waals surface area (Å²) in [5.74, 6) is -0.116. The van der Waals surface area contributed by atoms with Gasteiger partial charge in [0.1, 0.15) is 0 Å². The molecule has 0 heterocycles. The van der Waals surface area contributed by atoms with Gasteiger partial charge in [0.15, 0.2) is 0 Å². The van der Waals surface area contributed by atoms with Crippen LogP contribution in [0.4, 0.5) is 0 Å². The fraction of sp³-hybridized carbons (Fsp3) is 0.900. The van der Waals surface area contributed by atoms with E-state index in [2.05, 4.69) is 5.32 Å². The second-order valence-electron chi connectivity index (χ2n) is 3.85. The van der Waals surface area contributed by atoms with Gasteiger partial charge in [-0.2, -0.15) is 0 Å². The molecule has 0 bridgehead atoms. The van der Waals surface area contributed by atoms with E-state index < -0.39 is 0 Å². The molecule has 1 amide bonds. The molecule has 13 heavy (non-hydrogen) atoms. The first kappa shape index (κ1) is 12.4. The maximum absolute atomic E-state index is 11.5. The van der Waals surface area contributed by atoms with Gasteiger partial charge in [-0.15, -0.1) is 0 Å². The summed E-state index contributed by atoms with van der Waals surface area (Å²) in [5, 5.41) is 11.9. The second-order valence-corrected chi connectivity index (χ2v) is 3.85. The van der Waals surface area contributed by atoms with Gasteiger partial charge in [0.2, 0.25) is 5.91 Å². The van der Waals surface area contributed by atoms with Crippen molar-refractivity contribution in [3.8, 4) is 0 Å². The molecular formula is C10H21NO2. The number of carbonyl (C=O) groups is 1. The summed E-state index contributed by atoms with van der Waals surface area (Å²) in [7, 11) is 0. The molecule has 0 aliphatic rings. The molecule has 0 aliphatic carbocycles. The van der Waals surface area contributed by atoms with Gasteiger partial charge in [-0.05, 0) is 19.3 Å². The van der Waals surface area contributed by atoms with E-state index in [1.165, 1.54) is 0 Å². The van der Waals surface area contributed by atoms with E-state index in [9.17, 15) is 4.79 Å². The van der Waals surface area contributed by atoms with E-state index in [1.807, 2.05) is 27.7 Å². The third-order valence-corrected chi connectivity index (χ3v) is 2.34. The van der Waals surface area contributed by atoms with Crippen molar-refractivity contribution in [3.63, 3.8) is 0 Å². The smallest absolute Gasteiger partial charge is 0.225 e. The van der Waals surface area contributed by atoms with Crippen LogP contribution in [0.1, 0.15) is 34.1 Å². The van der Waals surface area contributed by atoms with Gasteiger partial charge in [0.05, 0.1) is 12.5 Å². The van der Waals surface area contributed by atoms with E-state index in [4.69, 9.17) is 5.11 Å². The number of carbonyl (C=O) groups excluding carboxylic acids is 1. The topological polar surface area (TPSA) is 49.3 Å². The average Bonchev–Trinajstić information content (AvgIpc) is 2.04. The van der Waals surface area contributed by atoms with Crippen molar-refractivity contribution in [2.45, 2.75) is 40.2 Å². The third-order valence-electron chi connectivity index (χ3n) is 2.34. The lowest BCUT2D eigenvalue weighted by Crippen LogP contribution is -2.40. The second kappa shape index (κ2) is 5.97. The van der Waals surface area contributed by atoms with Crippen LogP contribution in [0.2, 0.25) is 0 Å². The minimum atomic E-state index is -0.269. The Morgan fingerprint density at radius 2 is 1.92 bits per heavy atom. The Morgan fingerprint density at radius 1 is 1.38 bits per heavy atom. The van der Waals surface area contributed by atoms with Gasteiger partial charge in [-0.25, -0.2) is 0 Å². The minimum Gasteiger partial charge on any atom is -0.396 e. The molecule has 0 spiro atoms. The molecule has 0 aliphatic heterocycles. The first-order valence-corrected chi connectivity index (χ1v) is 4.94. The highest BCUT2D eigenvalue weighted by Crippen LogP contribution is 2.10. The molecule has 0 saturated heterocycles. The molecule has 0 fully saturated rings. The van der Waals surface area contributed by atoms with Crippen molar-refractivity contribution in [2.24, 2.45) is 11.8 Å². The summed E-state index contributed by atoms with van der Waals surface area (Å²) in [6.07, 6.45) is 0.919. The van der Waals surface area contributed by atoms with Crippen LogP contribution < -0.4 is 5.32 Å². The van der Waals surface area contributed by atoms with Crippen LogP contribution in [0.5, 0.6) is 0 Å². The predicted octanol–water partition coefficient (Wildman–Crippen LogP) is 1.17. The molecule has 0 saturated carbocycles. The lowest BCUT2D eigenvalue weighted by atomic mass is 9.95. The molecule has 2 unspecified atom stereocenters. The fourth-order valence-corrected chi connectivity index (χ4v) is 1.05. The number of rotatable bonds is 5. The number of nitrogens with one attached hydrogen (secondary N) is 1. The lowest BCUT2D eigenvalue weighted by Gasteiger charge is -2.20. The van der Waals surface area contributed by atoms with Crippen LogP contribution in [0.25, 0.3) is 0 Å². The van der Waals surface area contributed by atoms with E-state index in [-0.39, 0.29) is 30.4 Å². The molecule has 3 heteroatoms. The zero-order chi connectivity index (χ0) is 10.4. The van der Waals surface area contributed by atoms with E-state index in [0.717, 1.165) is 6.42 Å².